The predicted molar refractivity (Wildman–Crippen MR) is 126 cm³/mol. The zero-order valence-electron chi connectivity index (χ0n) is 18.6. The van der Waals surface area contributed by atoms with Gasteiger partial charge in [-0.3, -0.25) is 9.69 Å². The van der Waals surface area contributed by atoms with E-state index < -0.39 is 5.41 Å². The third-order valence-corrected chi connectivity index (χ3v) is 6.89. The Morgan fingerprint density at radius 1 is 1.34 bits per heavy atom. The average Bonchev–Trinajstić information content (AvgIpc) is 3.33. The minimum absolute atomic E-state index is 0.00253. The van der Waals surface area contributed by atoms with Crippen LogP contribution in [-0.2, 0) is 16.0 Å². The van der Waals surface area contributed by atoms with E-state index >= 15 is 0 Å². The Balaban J connectivity index is 1.45. The molecule has 166 valence electrons. The maximum absolute atomic E-state index is 13.3. The van der Waals surface area contributed by atoms with Crippen LogP contribution in [0.4, 0.5) is 5.69 Å². The zero-order chi connectivity index (χ0) is 22.9. The number of nitriles is 1. The first kappa shape index (κ1) is 22.4. The number of carbonyl (C=O) groups is 1. The lowest BCUT2D eigenvalue weighted by Gasteiger charge is -2.22. The van der Waals surface area contributed by atoms with E-state index in [4.69, 9.17) is 21.7 Å². The molecule has 0 saturated carbocycles. The van der Waals surface area contributed by atoms with Gasteiger partial charge in [0, 0.05) is 30.3 Å². The number of rotatable bonds is 6. The first-order valence-corrected chi connectivity index (χ1v) is 11.3. The van der Waals surface area contributed by atoms with E-state index in [2.05, 4.69) is 11.1 Å². The maximum Gasteiger partial charge on any atom is 0.238 e. The minimum atomic E-state index is -0.599. The first-order valence-electron chi connectivity index (χ1n) is 10.9. The summed E-state index contributed by atoms with van der Waals surface area (Å²) in [5.41, 5.74) is 2.64. The summed E-state index contributed by atoms with van der Waals surface area (Å²) in [7, 11) is 0. The third-order valence-electron chi connectivity index (χ3n) is 6.43. The highest BCUT2D eigenvalue weighted by Gasteiger charge is 2.51. The second-order valence-electron chi connectivity index (χ2n) is 9.01. The van der Waals surface area contributed by atoms with Crippen LogP contribution in [0.5, 0.6) is 5.88 Å². The van der Waals surface area contributed by atoms with Gasteiger partial charge in [0.05, 0.1) is 35.2 Å². The molecule has 2 saturated heterocycles. The Morgan fingerprint density at radius 3 is 2.78 bits per heavy atom. The van der Waals surface area contributed by atoms with Crippen molar-refractivity contribution in [2.75, 3.05) is 18.1 Å². The van der Waals surface area contributed by atoms with Gasteiger partial charge >= 0.3 is 0 Å². The van der Waals surface area contributed by atoms with Crippen LogP contribution < -0.4 is 9.64 Å². The molecule has 6 nitrogen and oxygen atoms in total. The SMILES string of the molecule is Cc1cc(N2C(=O)C(C)(C)C(CCc3ccc(O[C@@H]4CCOC4)nc3)C2=S)ccc1C#N. The first-order chi connectivity index (χ1) is 15.3. The van der Waals surface area contributed by atoms with Crippen molar-refractivity contribution in [3.05, 3.63) is 53.2 Å². The number of carbonyl (C=O) groups excluding carboxylic acids is 1. The van der Waals surface area contributed by atoms with Crippen LogP contribution in [0.3, 0.4) is 0 Å². The number of hydrogen-bond acceptors (Lipinski definition) is 6. The van der Waals surface area contributed by atoms with Gasteiger partial charge in [0.25, 0.3) is 0 Å². The van der Waals surface area contributed by atoms with E-state index in [1.807, 2.05) is 45.2 Å². The normalized spacial score (nSPS) is 22.2. The van der Waals surface area contributed by atoms with E-state index in [1.54, 1.807) is 17.0 Å². The Bertz CT molecular complexity index is 1070. The van der Waals surface area contributed by atoms with Crippen molar-refractivity contribution in [2.24, 2.45) is 11.3 Å². The lowest BCUT2D eigenvalue weighted by molar-refractivity contribution is -0.125. The van der Waals surface area contributed by atoms with E-state index in [1.165, 1.54) is 0 Å². The molecule has 2 aliphatic heterocycles. The maximum atomic E-state index is 13.3. The average molecular weight is 450 g/mol. The van der Waals surface area contributed by atoms with Gasteiger partial charge in [0.2, 0.25) is 11.8 Å². The molecule has 2 atom stereocenters. The predicted octanol–water partition coefficient (Wildman–Crippen LogP) is 4.38. The van der Waals surface area contributed by atoms with Crippen LogP contribution in [0.2, 0.25) is 0 Å². The van der Waals surface area contributed by atoms with Crippen molar-refractivity contribution in [3.8, 4) is 11.9 Å². The van der Waals surface area contributed by atoms with Crippen molar-refractivity contribution >= 4 is 28.8 Å². The molecule has 4 rings (SSSR count). The van der Waals surface area contributed by atoms with Crippen LogP contribution in [0, 0.1) is 29.6 Å². The number of hydrogen-bond donors (Lipinski definition) is 0. The summed E-state index contributed by atoms with van der Waals surface area (Å²) in [5, 5.41) is 9.20. The number of anilines is 1. The fourth-order valence-corrected chi connectivity index (χ4v) is 4.96. The highest BCUT2D eigenvalue weighted by atomic mass is 32.1. The molecule has 1 aromatic carbocycles. The fourth-order valence-electron chi connectivity index (χ4n) is 4.36. The molecule has 3 heterocycles. The Hall–Kier alpha value is -2.82. The van der Waals surface area contributed by atoms with Crippen LogP contribution in [0.1, 0.15) is 43.4 Å². The molecule has 1 aromatic heterocycles. The molecule has 1 unspecified atom stereocenters. The smallest absolute Gasteiger partial charge is 0.238 e. The van der Waals surface area contributed by atoms with Gasteiger partial charge in [0.1, 0.15) is 6.10 Å². The molecule has 7 heteroatoms. The molecule has 0 N–H and O–H groups in total. The molecule has 0 bridgehead atoms. The van der Waals surface area contributed by atoms with E-state index in [-0.39, 0.29) is 17.9 Å². The number of ether oxygens (including phenoxy) is 2. The van der Waals surface area contributed by atoms with Crippen molar-refractivity contribution in [2.45, 2.75) is 46.1 Å². The quantitative estimate of drug-likeness (QED) is 0.610. The van der Waals surface area contributed by atoms with Crippen LogP contribution in [-0.4, -0.2) is 35.2 Å². The molecular formula is C25H27N3O3S. The molecule has 2 aromatic rings. The molecule has 1 amide bonds. The van der Waals surface area contributed by atoms with Gasteiger partial charge in [-0.15, -0.1) is 0 Å². The molecular weight excluding hydrogens is 422 g/mol. The molecule has 0 aliphatic carbocycles. The lowest BCUT2D eigenvalue weighted by Crippen LogP contribution is -2.32. The monoisotopic (exact) mass is 449 g/mol. The standard InChI is InChI=1S/C25H27N3O3S/c1-16-12-19(7-6-18(16)13-26)28-23(32)21(25(2,3)24(28)29)8-4-17-5-9-22(27-14-17)31-20-10-11-30-15-20/h5-7,9,12,14,20-21H,4,8,10-11,15H2,1-3H3/t20-,21?/m1/s1. The summed E-state index contributed by atoms with van der Waals surface area (Å²) in [5.74, 6) is 0.545. The van der Waals surface area contributed by atoms with Gasteiger partial charge in [0.15, 0.2) is 0 Å². The fraction of sp³-hybridized carbons (Fsp3) is 0.440. The highest BCUT2D eigenvalue weighted by molar-refractivity contribution is 7.80. The second kappa shape index (κ2) is 8.97. The van der Waals surface area contributed by atoms with Crippen molar-refractivity contribution in [1.82, 2.24) is 4.98 Å². The van der Waals surface area contributed by atoms with E-state index in [9.17, 15) is 10.1 Å². The number of pyridine rings is 1. The summed E-state index contributed by atoms with van der Waals surface area (Å²) in [6.07, 6.45) is 4.32. The highest BCUT2D eigenvalue weighted by Crippen LogP contribution is 2.43. The number of aromatic nitrogens is 1. The Morgan fingerprint density at radius 2 is 2.16 bits per heavy atom. The number of benzene rings is 1. The van der Waals surface area contributed by atoms with Gasteiger partial charge < -0.3 is 9.47 Å². The van der Waals surface area contributed by atoms with Gasteiger partial charge in [-0.2, -0.15) is 5.26 Å². The summed E-state index contributed by atoms with van der Waals surface area (Å²) in [6.45, 7) is 7.14. The molecule has 0 spiro atoms. The lowest BCUT2D eigenvalue weighted by atomic mass is 9.78. The topological polar surface area (TPSA) is 75.5 Å². The second-order valence-corrected chi connectivity index (χ2v) is 9.43. The van der Waals surface area contributed by atoms with Crippen LogP contribution in [0.15, 0.2) is 36.5 Å². The molecule has 32 heavy (non-hydrogen) atoms. The number of thiocarbonyl (C=S) groups is 1. The summed E-state index contributed by atoms with van der Waals surface area (Å²) in [4.78, 5) is 20.0. The van der Waals surface area contributed by atoms with Crippen molar-refractivity contribution < 1.29 is 14.3 Å². The Kier molecular flexibility index (Phi) is 6.27. The van der Waals surface area contributed by atoms with E-state index in [0.717, 1.165) is 42.7 Å². The largest absolute Gasteiger partial charge is 0.472 e. The number of amides is 1. The summed E-state index contributed by atoms with van der Waals surface area (Å²) >= 11 is 5.78. The number of aryl methyl sites for hydroxylation is 2. The van der Waals surface area contributed by atoms with E-state index in [0.29, 0.717) is 23.0 Å². The molecule has 0 radical (unpaired) electrons. The number of nitrogens with zero attached hydrogens (tertiary/aromatic N) is 3. The summed E-state index contributed by atoms with van der Waals surface area (Å²) < 4.78 is 11.2. The minimum Gasteiger partial charge on any atom is -0.472 e. The van der Waals surface area contributed by atoms with Crippen molar-refractivity contribution in [1.29, 1.82) is 5.26 Å². The third kappa shape index (κ3) is 4.25. The zero-order valence-corrected chi connectivity index (χ0v) is 19.4. The van der Waals surface area contributed by atoms with Gasteiger partial charge in [-0.25, -0.2) is 4.98 Å². The van der Waals surface area contributed by atoms with Crippen LogP contribution >= 0.6 is 12.2 Å². The van der Waals surface area contributed by atoms with Crippen LogP contribution in [0.25, 0.3) is 0 Å². The van der Waals surface area contributed by atoms with Crippen molar-refractivity contribution in [3.63, 3.8) is 0 Å². The van der Waals surface area contributed by atoms with Gasteiger partial charge in [-0.1, -0.05) is 32.1 Å². The molecule has 2 fully saturated rings. The summed E-state index contributed by atoms with van der Waals surface area (Å²) in [6, 6.07) is 11.5. The van der Waals surface area contributed by atoms with Gasteiger partial charge in [-0.05, 0) is 49.1 Å². The Labute approximate surface area is 194 Å². The molecule has 2 aliphatic rings.